The number of hydrogen-bond donors (Lipinski definition) is 0. The van der Waals surface area contributed by atoms with Crippen LogP contribution in [-0.2, 0) is 16.4 Å². The van der Waals surface area contributed by atoms with Crippen LogP contribution in [0.5, 0.6) is 5.75 Å². The first kappa shape index (κ1) is 16.1. The molecule has 1 aliphatic rings. The molecule has 1 heterocycles. The number of anilines is 1. The van der Waals surface area contributed by atoms with Crippen molar-refractivity contribution in [3.63, 3.8) is 0 Å². The number of fused-ring (bicyclic) bond motifs is 1. The third kappa shape index (κ3) is 3.03. The highest BCUT2D eigenvalue weighted by atomic mass is 35.5. The highest BCUT2D eigenvalue weighted by Gasteiger charge is 2.29. The molecule has 0 saturated heterocycles. The molecule has 0 amide bonds. The molecule has 122 valence electrons. The van der Waals surface area contributed by atoms with E-state index >= 15 is 0 Å². The van der Waals surface area contributed by atoms with Gasteiger partial charge in [-0.3, -0.25) is 4.31 Å². The minimum Gasteiger partial charge on any atom is -0.492 e. The van der Waals surface area contributed by atoms with Crippen molar-refractivity contribution in [1.29, 1.82) is 0 Å². The van der Waals surface area contributed by atoms with Gasteiger partial charge in [0.15, 0.2) is 0 Å². The van der Waals surface area contributed by atoms with Gasteiger partial charge >= 0.3 is 0 Å². The SMILES string of the molecule is CCOc1ccc(S(=O)(=O)N2CCCc3ccccc32)cc1Cl. The number of aryl methyl sites for hydroxylation is 1. The van der Waals surface area contributed by atoms with Crippen LogP contribution in [0, 0.1) is 0 Å². The van der Waals surface area contributed by atoms with Crippen LogP contribution in [-0.4, -0.2) is 21.6 Å². The standard InChI is InChI=1S/C17H18ClNO3S/c1-2-22-17-10-9-14(12-15(17)18)23(20,21)19-11-5-7-13-6-3-4-8-16(13)19/h3-4,6,8-10,12H,2,5,7,11H2,1H3. The molecule has 1 aliphatic heterocycles. The van der Waals surface area contributed by atoms with E-state index in [0.29, 0.717) is 23.9 Å². The largest absolute Gasteiger partial charge is 0.492 e. The normalized spacial score (nSPS) is 14.4. The van der Waals surface area contributed by atoms with Crippen LogP contribution in [0.3, 0.4) is 0 Å². The summed E-state index contributed by atoms with van der Waals surface area (Å²) in [4.78, 5) is 0.183. The van der Waals surface area contributed by atoms with Gasteiger partial charge in [-0.15, -0.1) is 0 Å². The van der Waals surface area contributed by atoms with Crippen LogP contribution in [0.25, 0.3) is 0 Å². The molecular formula is C17H18ClNO3S. The van der Waals surface area contributed by atoms with E-state index in [1.54, 1.807) is 12.1 Å². The van der Waals surface area contributed by atoms with Gasteiger partial charge in [0.05, 0.1) is 22.2 Å². The van der Waals surface area contributed by atoms with Gasteiger partial charge in [-0.05, 0) is 49.6 Å². The molecule has 3 rings (SSSR count). The van der Waals surface area contributed by atoms with Crippen molar-refractivity contribution < 1.29 is 13.2 Å². The molecule has 0 fully saturated rings. The second-order valence-corrected chi connectivity index (χ2v) is 7.60. The first-order chi connectivity index (χ1) is 11.0. The maximum Gasteiger partial charge on any atom is 0.264 e. The fraction of sp³-hybridized carbons (Fsp3) is 0.294. The third-order valence-electron chi connectivity index (χ3n) is 3.86. The van der Waals surface area contributed by atoms with Gasteiger partial charge in [0.25, 0.3) is 10.0 Å². The Morgan fingerprint density at radius 2 is 2.00 bits per heavy atom. The number of sulfonamides is 1. The molecule has 0 atom stereocenters. The van der Waals surface area contributed by atoms with Crippen molar-refractivity contribution in [1.82, 2.24) is 0 Å². The molecule has 6 heteroatoms. The molecule has 23 heavy (non-hydrogen) atoms. The molecule has 0 N–H and O–H groups in total. The van der Waals surface area contributed by atoms with E-state index in [2.05, 4.69) is 0 Å². The van der Waals surface area contributed by atoms with Crippen molar-refractivity contribution >= 4 is 27.3 Å². The van der Waals surface area contributed by atoms with Crippen LogP contribution < -0.4 is 9.04 Å². The van der Waals surface area contributed by atoms with Crippen LogP contribution in [0.4, 0.5) is 5.69 Å². The monoisotopic (exact) mass is 351 g/mol. The fourth-order valence-corrected chi connectivity index (χ4v) is 4.66. The van der Waals surface area contributed by atoms with Gasteiger partial charge in [0, 0.05) is 6.54 Å². The van der Waals surface area contributed by atoms with Gasteiger partial charge in [-0.25, -0.2) is 8.42 Å². The molecule has 0 radical (unpaired) electrons. The van der Waals surface area contributed by atoms with Crippen LogP contribution in [0.15, 0.2) is 47.4 Å². The third-order valence-corrected chi connectivity index (χ3v) is 5.96. The average Bonchev–Trinajstić information content (AvgIpc) is 2.56. The predicted molar refractivity (Wildman–Crippen MR) is 91.9 cm³/mol. The van der Waals surface area contributed by atoms with Gasteiger partial charge in [-0.1, -0.05) is 29.8 Å². The van der Waals surface area contributed by atoms with Crippen LogP contribution >= 0.6 is 11.6 Å². The number of para-hydroxylation sites is 1. The Labute approximate surface area is 141 Å². The summed E-state index contributed by atoms with van der Waals surface area (Å²) in [6.45, 7) is 2.81. The summed E-state index contributed by atoms with van der Waals surface area (Å²) < 4.78 is 32.8. The summed E-state index contributed by atoms with van der Waals surface area (Å²) in [5.41, 5.74) is 1.81. The Morgan fingerprint density at radius 1 is 1.22 bits per heavy atom. The summed E-state index contributed by atoms with van der Waals surface area (Å²) >= 11 is 6.15. The van der Waals surface area contributed by atoms with Gasteiger partial charge in [0.2, 0.25) is 0 Å². The molecule has 0 aliphatic carbocycles. The highest BCUT2D eigenvalue weighted by molar-refractivity contribution is 7.92. The number of rotatable bonds is 4. The summed E-state index contributed by atoms with van der Waals surface area (Å²) in [6, 6.07) is 12.2. The Bertz CT molecular complexity index is 820. The van der Waals surface area contributed by atoms with E-state index < -0.39 is 10.0 Å². The summed E-state index contributed by atoms with van der Waals surface area (Å²) in [5.74, 6) is 0.493. The van der Waals surface area contributed by atoms with Crippen LogP contribution in [0.2, 0.25) is 5.02 Å². The molecule has 2 aromatic carbocycles. The first-order valence-corrected chi connectivity index (χ1v) is 9.39. The zero-order valence-electron chi connectivity index (χ0n) is 12.8. The molecule has 2 aromatic rings. The number of hydrogen-bond acceptors (Lipinski definition) is 3. The fourth-order valence-electron chi connectivity index (χ4n) is 2.79. The van der Waals surface area contributed by atoms with E-state index in [-0.39, 0.29) is 4.90 Å². The zero-order valence-corrected chi connectivity index (χ0v) is 14.4. The van der Waals surface area contributed by atoms with E-state index in [1.165, 1.54) is 10.4 Å². The zero-order chi connectivity index (χ0) is 16.4. The van der Waals surface area contributed by atoms with Gasteiger partial charge in [0.1, 0.15) is 5.75 Å². The number of nitrogens with zero attached hydrogens (tertiary/aromatic N) is 1. The maximum absolute atomic E-state index is 13.0. The maximum atomic E-state index is 13.0. The van der Waals surface area contributed by atoms with E-state index in [9.17, 15) is 8.42 Å². The Balaban J connectivity index is 2.01. The van der Waals surface area contributed by atoms with E-state index in [4.69, 9.17) is 16.3 Å². The highest BCUT2D eigenvalue weighted by Crippen LogP contribution is 2.34. The van der Waals surface area contributed by atoms with Crippen molar-refractivity contribution in [2.45, 2.75) is 24.7 Å². The average molecular weight is 352 g/mol. The lowest BCUT2D eigenvalue weighted by Crippen LogP contribution is -2.35. The van der Waals surface area contributed by atoms with Gasteiger partial charge in [-0.2, -0.15) is 0 Å². The molecule has 0 unspecified atom stereocenters. The molecule has 0 bridgehead atoms. The van der Waals surface area contributed by atoms with E-state index in [0.717, 1.165) is 24.1 Å². The molecular weight excluding hydrogens is 334 g/mol. The smallest absolute Gasteiger partial charge is 0.264 e. The van der Waals surface area contributed by atoms with Gasteiger partial charge < -0.3 is 4.74 Å². The molecule has 0 aromatic heterocycles. The number of benzene rings is 2. The minimum absolute atomic E-state index is 0.183. The predicted octanol–water partition coefficient (Wildman–Crippen LogP) is 3.88. The lowest BCUT2D eigenvalue weighted by atomic mass is 10.0. The number of halogens is 1. The Kier molecular flexibility index (Phi) is 4.50. The second-order valence-electron chi connectivity index (χ2n) is 5.33. The topological polar surface area (TPSA) is 46.6 Å². The van der Waals surface area contributed by atoms with E-state index in [1.807, 2.05) is 31.2 Å². The first-order valence-electron chi connectivity index (χ1n) is 7.57. The van der Waals surface area contributed by atoms with Crippen molar-refractivity contribution in [3.8, 4) is 5.75 Å². The second kappa shape index (κ2) is 6.42. The summed E-state index contributed by atoms with van der Waals surface area (Å²) in [7, 11) is -3.64. The number of ether oxygens (including phenoxy) is 1. The lowest BCUT2D eigenvalue weighted by Gasteiger charge is -2.30. The summed E-state index contributed by atoms with van der Waals surface area (Å²) in [6.07, 6.45) is 1.70. The minimum atomic E-state index is -3.64. The Morgan fingerprint density at radius 3 is 2.74 bits per heavy atom. The van der Waals surface area contributed by atoms with Crippen LogP contribution in [0.1, 0.15) is 18.9 Å². The van der Waals surface area contributed by atoms with Crippen molar-refractivity contribution in [2.24, 2.45) is 0 Å². The summed E-state index contributed by atoms with van der Waals surface area (Å²) in [5, 5.41) is 0.304. The Hall–Kier alpha value is -1.72. The molecule has 4 nitrogen and oxygen atoms in total. The van der Waals surface area contributed by atoms with Crippen molar-refractivity contribution in [3.05, 3.63) is 53.1 Å². The quantitative estimate of drug-likeness (QED) is 0.839. The molecule has 0 spiro atoms. The lowest BCUT2D eigenvalue weighted by molar-refractivity contribution is 0.340. The van der Waals surface area contributed by atoms with Crippen molar-refractivity contribution in [2.75, 3.05) is 17.5 Å². The molecule has 0 saturated carbocycles.